The van der Waals surface area contributed by atoms with Crippen molar-refractivity contribution in [2.24, 2.45) is 0 Å². The van der Waals surface area contributed by atoms with Crippen LogP contribution < -0.4 is 0 Å². The Morgan fingerprint density at radius 2 is 2.00 bits per heavy atom. The van der Waals surface area contributed by atoms with Gasteiger partial charge in [0.25, 0.3) is 5.91 Å². The molecule has 1 aliphatic rings. The van der Waals surface area contributed by atoms with Crippen LogP contribution in [-0.2, 0) is 5.41 Å². The number of β-amino-alcohol motifs (C(OH)–C–C–N with tert-alkyl or cyclic N) is 1. The third-order valence-corrected chi connectivity index (χ3v) is 3.35. The molecule has 1 aromatic heterocycles. The van der Waals surface area contributed by atoms with Crippen LogP contribution in [0.2, 0.25) is 5.15 Å². The van der Waals surface area contributed by atoms with Gasteiger partial charge >= 0.3 is 0 Å². The maximum absolute atomic E-state index is 12.3. The standard InChI is InChI=1S/C14H19ClN2O2/c1-13(2,3)10-5-9(6-11(15)16-10)12(18)17-7-14(4,19)8-17/h5-6,19H,7-8H2,1-4H3. The Hall–Kier alpha value is -1.13. The molecule has 2 rings (SSSR count). The maximum Gasteiger partial charge on any atom is 0.254 e. The van der Waals surface area contributed by atoms with Crippen LogP contribution in [0, 0.1) is 0 Å². The highest BCUT2D eigenvalue weighted by Crippen LogP contribution is 2.26. The van der Waals surface area contributed by atoms with Gasteiger partial charge in [-0.15, -0.1) is 0 Å². The van der Waals surface area contributed by atoms with E-state index in [0.29, 0.717) is 23.8 Å². The Morgan fingerprint density at radius 1 is 1.42 bits per heavy atom. The van der Waals surface area contributed by atoms with Crippen molar-refractivity contribution in [3.8, 4) is 0 Å². The van der Waals surface area contributed by atoms with E-state index in [4.69, 9.17) is 11.6 Å². The number of hydrogen-bond donors (Lipinski definition) is 1. The minimum Gasteiger partial charge on any atom is -0.386 e. The highest BCUT2D eigenvalue weighted by molar-refractivity contribution is 6.29. The second-order valence-corrected chi connectivity index (χ2v) is 6.86. The summed E-state index contributed by atoms with van der Waals surface area (Å²) >= 11 is 5.99. The van der Waals surface area contributed by atoms with E-state index < -0.39 is 5.60 Å². The third kappa shape index (κ3) is 3.07. The molecule has 1 fully saturated rings. The molecule has 0 bridgehead atoms. The fourth-order valence-corrected chi connectivity index (χ4v) is 2.32. The molecule has 104 valence electrons. The number of nitrogens with zero attached hydrogens (tertiary/aromatic N) is 2. The van der Waals surface area contributed by atoms with Crippen LogP contribution >= 0.6 is 11.6 Å². The summed E-state index contributed by atoms with van der Waals surface area (Å²) in [5.41, 5.74) is 0.385. The van der Waals surface area contributed by atoms with Crippen molar-refractivity contribution in [1.29, 1.82) is 0 Å². The molecule has 1 aliphatic heterocycles. The summed E-state index contributed by atoms with van der Waals surface area (Å²) in [6.07, 6.45) is 0. The zero-order valence-electron chi connectivity index (χ0n) is 11.7. The van der Waals surface area contributed by atoms with Crippen LogP contribution in [0.4, 0.5) is 0 Å². The topological polar surface area (TPSA) is 53.4 Å². The quantitative estimate of drug-likeness (QED) is 0.804. The molecule has 0 aliphatic carbocycles. The molecule has 0 aromatic carbocycles. The SMILES string of the molecule is CC1(O)CN(C(=O)c2cc(Cl)nc(C(C)(C)C)c2)C1. The first-order chi connectivity index (χ1) is 8.58. The highest BCUT2D eigenvalue weighted by atomic mass is 35.5. The molecule has 19 heavy (non-hydrogen) atoms. The lowest BCUT2D eigenvalue weighted by molar-refractivity contribution is -0.0668. The molecular formula is C14H19ClN2O2. The van der Waals surface area contributed by atoms with Crippen molar-refractivity contribution in [3.05, 3.63) is 28.5 Å². The van der Waals surface area contributed by atoms with Gasteiger partial charge in [0.15, 0.2) is 0 Å². The van der Waals surface area contributed by atoms with Crippen molar-refractivity contribution in [3.63, 3.8) is 0 Å². The van der Waals surface area contributed by atoms with Crippen LogP contribution in [0.5, 0.6) is 0 Å². The number of aliphatic hydroxyl groups is 1. The van der Waals surface area contributed by atoms with Crippen molar-refractivity contribution < 1.29 is 9.90 Å². The monoisotopic (exact) mass is 282 g/mol. The number of rotatable bonds is 1. The Kier molecular flexibility index (Phi) is 3.35. The Balaban J connectivity index is 2.26. The molecule has 0 atom stereocenters. The third-order valence-electron chi connectivity index (χ3n) is 3.16. The molecular weight excluding hydrogens is 264 g/mol. The molecule has 1 saturated heterocycles. The molecule has 0 radical (unpaired) electrons. The van der Waals surface area contributed by atoms with Gasteiger partial charge < -0.3 is 10.0 Å². The van der Waals surface area contributed by atoms with Gasteiger partial charge in [-0.2, -0.15) is 0 Å². The normalized spacial score (nSPS) is 18.1. The molecule has 0 saturated carbocycles. The fourth-order valence-electron chi connectivity index (χ4n) is 2.11. The van der Waals surface area contributed by atoms with Gasteiger partial charge in [-0.1, -0.05) is 32.4 Å². The molecule has 1 amide bonds. The second kappa shape index (κ2) is 4.46. The van der Waals surface area contributed by atoms with E-state index in [1.165, 1.54) is 0 Å². The van der Waals surface area contributed by atoms with Crippen molar-refractivity contribution in [2.75, 3.05) is 13.1 Å². The highest BCUT2D eigenvalue weighted by Gasteiger charge is 2.39. The summed E-state index contributed by atoms with van der Waals surface area (Å²) < 4.78 is 0. The number of pyridine rings is 1. The lowest BCUT2D eigenvalue weighted by atomic mass is 9.90. The summed E-state index contributed by atoms with van der Waals surface area (Å²) in [5.74, 6) is -0.110. The van der Waals surface area contributed by atoms with E-state index in [2.05, 4.69) is 4.98 Å². The molecule has 1 aromatic rings. The van der Waals surface area contributed by atoms with E-state index in [-0.39, 0.29) is 11.3 Å². The summed E-state index contributed by atoms with van der Waals surface area (Å²) in [6.45, 7) is 8.50. The van der Waals surface area contributed by atoms with Crippen molar-refractivity contribution >= 4 is 17.5 Å². The first-order valence-corrected chi connectivity index (χ1v) is 6.66. The van der Waals surface area contributed by atoms with E-state index >= 15 is 0 Å². The zero-order chi connectivity index (χ0) is 14.4. The van der Waals surface area contributed by atoms with Crippen LogP contribution in [-0.4, -0.2) is 39.6 Å². The van der Waals surface area contributed by atoms with E-state index in [1.54, 1.807) is 24.0 Å². The predicted molar refractivity (Wildman–Crippen MR) is 74.5 cm³/mol. The molecule has 0 unspecified atom stereocenters. The summed E-state index contributed by atoms with van der Waals surface area (Å²) in [6, 6.07) is 3.35. The molecule has 5 heteroatoms. The van der Waals surface area contributed by atoms with Gasteiger partial charge in [-0.3, -0.25) is 4.79 Å². The van der Waals surface area contributed by atoms with Crippen LogP contribution in [0.25, 0.3) is 0 Å². The maximum atomic E-state index is 12.3. The summed E-state index contributed by atoms with van der Waals surface area (Å²) in [4.78, 5) is 18.1. The molecule has 1 N–H and O–H groups in total. The molecule has 0 spiro atoms. The van der Waals surface area contributed by atoms with Crippen molar-refractivity contribution in [1.82, 2.24) is 9.88 Å². The molecule has 4 nitrogen and oxygen atoms in total. The zero-order valence-corrected chi connectivity index (χ0v) is 12.5. The predicted octanol–water partition coefficient (Wildman–Crippen LogP) is 2.24. The Labute approximate surface area is 118 Å². The number of hydrogen-bond acceptors (Lipinski definition) is 3. The number of carbonyl (C=O) groups excluding carboxylic acids is 1. The van der Waals surface area contributed by atoms with Gasteiger partial charge in [-0.25, -0.2) is 4.98 Å². The second-order valence-electron chi connectivity index (χ2n) is 6.47. The van der Waals surface area contributed by atoms with Crippen LogP contribution in [0.15, 0.2) is 12.1 Å². The van der Waals surface area contributed by atoms with E-state index in [0.717, 1.165) is 5.69 Å². The average molecular weight is 283 g/mol. The van der Waals surface area contributed by atoms with Gasteiger partial charge in [0.2, 0.25) is 0 Å². The van der Waals surface area contributed by atoms with Crippen LogP contribution in [0.3, 0.4) is 0 Å². The first kappa shape index (κ1) is 14.3. The molecule has 2 heterocycles. The van der Waals surface area contributed by atoms with Gasteiger partial charge in [-0.05, 0) is 19.1 Å². The minimum absolute atomic E-state index is 0.110. The summed E-state index contributed by atoms with van der Waals surface area (Å²) in [7, 11) is 0. The lowest BCUT2D eigenvalue weighted by Gasteiger charge is -2.44. The van der Waals surface area contributed by atoms with E-state index in [9.17, 15) is 9.90 Å². The Bertz CT molecular complexity index is 513. The van der Waals surface area contributed by atoms with Gasteiger partial charge in [0.1, 0.15) is 5.15 Å². The number of likely N-dealkylation sites (tertiary alicyclic amines) is 1. The smallest absolute Gasteiger partial charge is 0.254 e. The number of aromatic nitrogens is 1. The Morgan fingerprint density at radius 3 is 2.47 bits per heavy atom. The van der Waals surface area contributed by atoms with Crippen LogP contribution in [0.1, 0.15) is 43.7 Å². The number of carbonyl (C=O) groups is 1. The van der Waals surface area contributed by atoms with E-state index in [1.807, 2.05) is 20.8 Å². The van der Waals surface area contributed by atoms with Gasteiger partial charge in [0, 0.05) is 16.7 Å². The van der Waals surface area contributed by atoms with Gasteiger partial charge in [0.05, 0.1) is 18.7 Å². The fraction of sp³-hybridized carbons (Fsp3) is 0.571. The first-order valence-electron chi connectivity index (χ1n) is 6.28. The largest absolute Gasteiger partial charge is 0.386 e. The van der Waals surface area contributed by atoms with Crippen molar-refractivity contribution in [2.45, 2.75) is 38.7 Å². The minimum atomic E-state index is -0.765. The summed E-state index contributed by atoms with van der Waals surface area (Å²) in [5, 5.41) is 10.0. The lowest BCUT2D eigenvalue weighted by Crippen LogP contribution is -2.61. The number of amides is 1. The average Bonchev–Trinajstić information content (AvgIpc) is 2.22. The number of halogens is 1.